The molecule has 0 aliphatic heterocycles. The van der Waals surface area contributed by atoms with Crippen molar-refractivity contribution in [2.24, 2.45) is 0 Å². The predicted molar refractivity (Wildman–Crippen MR) is 674 cm³/mol. The molecule has 0 bridgehead atoms. The van der Waals surface area contributed by atoms with Crippen molar-refractivity contribution in [3.8, 4) is 55.5 Å². The summed E-state index contributed by atoms with van der Waals surface area (Å²) >= 11 is 22.7. The van der Waals surface area contributed by atoms with Crippen molar-refractivity contribution in [1.29, 1.82) is 0 Å². The molecule has 0 atom stereocenters. The molecule has 0 aliphatic rings. The van der Waals surface area contributed by atoms with Crippen molar-refractivity contribution < 1.29 is 0 Å². The fourth-order valence-electron chi connectivity index (χ4n) is 20.5. The van der Waals surface area contributed by atoms with Crippen molar-refractivity contribution in [3.63, 3.8) is 0 Å². The summed E-state index contributed by atoms with van der Waals surface area (Å²) in [6.07, 6.45) is 56.5. The van der Waals surface area contributed by atoms with E-state index in [1.807, 2.05) is 93.9 Å². The van der Waals surface area contributed by atoms with E-state index in [9.17, 15) is 0 Å². The van der Waals surface area contributed by atoms with Gasteiger partial charge in [0.05, 0.1) is 60.2 Å². The first-order chi connectivity index (χ1) is 69.0. The number of aryl methyl sites for hydroxylation is 8. The van der Waals surface area contributed by atoms with Gasteiger partial charge in [0.25, 0.3) is 0 Å². The van der Waals surface area contributed by atoms with Gasteiger partial charge in [0.15, 0.2) is 0 Å². The number of benzene rings is 9. The number of halogens is 4. The Hall–Kier alpha value is -5.06. The van der Waals surface area contributed by atoms with E-state index in [1.54, 1.807) is 59.3 Å². The first kappa shape index (κ1) is 118. The van der Waals surface area contributed by atoms with E-state index in [1.165, 1.54) is 333 Å². The third-order valence-electron chi connectivity index (χ3n) is 28.5. The van der Waals surface area contributed by atoms with Crippen molar-refractivity contribution in [2.75, 3.05) is 0 Å². The molecule has 0 unspecified atom stereocenters. The van der Waals surface area contributed by atoms with Gasteiger partial charge in [-0.15, -0.1) is 45.3 Å². The van der Waals surface area contributed by atoms with E-state index < -0.39 is 36.8 Å². The zero-order chi connectivity index (χ0) is 100. The predicted octanol–water partition coefficient (Wildman–Crippen LogP) is 45.7. The van der Waals surface area contributed by atoms with Crippen LogP contribution in [-0.2, 0) is 38.5 Å². The third kappa shape index (κ3) is 31.2. The molecule has 17 rings (SSSR count). The number of unbranched alkanes of at least 4 members (excludes halogenated alkanes) is 30. The van der Waals surface area contributed by atoms with Gasteiger partial charge in [-0.3, -0.25) is 0 Å². The van der Waals surface area contributed by atoms with E-state index >= 15 is 0 Å². The van der Waals surface area contributed by atoms with E-state index in [0.29, 0.717) is 0 Å². The number of hydrogen-bond acceptors (Lipinski definition) is 10. The van der Waals surface area contributed by atoms with E-state index in [0.717, 1.165) is 81.6 Å². The Bertz CT molecular complexity index is 6630. The third-order valence-corrected chi connectivity index (χ3v) is 56.9. The fraction of sp³-hybridized carbons (Fsp3) is 0.453. The minimum atomic E-state index is -2.13. The molecule has 0 saturated heterocycles. The van der Waals surface area contributed by atoms with Crippen molar-refractivity contribution in [2.45, 2.75) is 370 Å². The Kier molecular flexibility index (Phi) is 48.4. The summed E-state index contributed by atoms with van der Waals surface area (Å²) in [5, 5.41) is 9.37. The smallest absolute Gasteiger partial charge is 0.0984 e. The molecule has 0 radical (unpaired) electrons. The minimum absolute atomic E-state index is 0. The number of aromatic nitrogens is 4. The molecule has 0 fully saturated rings. The van der Waals surface area contributed by atoms with E-state index in [2.05, 4.69) is 305 Å². The number of rotatable bonds is 49. The summed E-state index contributed by atoms with van der Waals surface area (Å²) in [5.74, 6) is 0. The van der Waals surface area contributed by atoms with Gasteiger partial charge in [0, 0.05) is 46.5 Å². The maximum absolute atomic E-state index is 5.54. The standard InChI is InChI=1S/C48H54N2S2.C26H36Br2S2.C26H36S2.C20H12Br2N2.2CH4.6CH3.2Sn/c1-5-7-9-11-13-21-27-37-38(28-22-14-12-10-8-6-2)41-32-42(52-48(41)47-40(37)31-34(4)51-47)39-30-29-33(3)43-46(39)50-45(36-25-19-16-20-26-36)44(49-43)35-23-17-15-18-24-35;1-3-5-7-9-11-13-15-19-20(16-14-12-10-8-6-4-2)22-18-24(28)30-26(22)25-21(19)17-23(27)29-25;1-3-5-7-9-11-13-15-21-22(16-14-12-10-8-6-4-2)24-18-20-28-26(24)25-23(21)17-19-27-25;21-15-11-12-16(22)20-19(15)23-17(13-7-3-1-4-8-13)18(24-20)14-9-5-2-6-10-14;;;;;;;;;;/h15-20,23-26,29-32H,5-14,21-22,27-28H2,1-4H3;17-18H,3-16H2,1-2H3;17-18H,3-16H2,1-2H3;1-12H;2*1H4;6*1H3;;. The van der Waals surface area contributed by atoms with Crippen LogP contribution >= 0.6 is 132 Å². The summed E-state index contributed by atoms with van der Waals surface area (Å²) in [6, 6.07) is 65.2. The second kappa shape index (κ2) is 59.3. The number of fused-ring (bicyclic) bond motifs is 11. The first-order valence-electron chi connectivity index (χ1n) is 54.5. The van der Waals surface area contributed by atoms with Crippen LogP contribution in [0.3, 0.4) is 0 Å². The molecule has 4 nitrogen and oxygen atoms in total. The van der Waals surface area contributed by atoms with Gasteiger partial charge < -0.3 is 0 Å². The maximum atomic E-state index is 5.54. The average molecular weight is 2510 g/mol. The summed E-state index contributed by atoms with van der Waals surface area (Å²) in [4.78, 5) is 39.2. The summed E-state index contributed by atoms with van der Waals surface area (Å²) in [6.45, 7) is 18.3. The quantitative estimate of drug-likeness (QED) is 0.0282. The van der Waals surface area contributed by atoms with Crippen LogP contribution in [0.15, 0.2) is 199 Å². The van der Waals surface area contributed by atoms with Gasteiger partial charge in [-0.05, 0) is 215 Å². The summed E-state index contributed by atoms with van der Waals surface area (Å²) in [5.41, 5.74) is 24.0. The molecule has 9 aromatic carbocycles. The topological polar surface area (TPSA) is 51.6 Å². The second-order valence-corrected chi connectivity index (χ2v) is 83.7. The molecule has 17 aromatic rings. The Morgan fingerprint density at radius 1 is 0.243 bits per heavy atom. The number of hydrogen-bond donors (Lipinski definition) is 0. The maximum Gasteiger partial charge on any atom is 0.0984 e. The first-order valence-corrected chi connectivity index (χ1v) is 82.6. The minimum Gasteiger partial charge on any atom is -0.244 e. The van der Waals surface area contributed by atoms with Crippen LogP contribution in [-0.4, -0.2) is 56.7 Å². The van der Waals surface area contributed by atoms with Gasteiger partial charge in [-0.2, -0.15) is 0 Å². The summed E-state index contributed by atoms with van der Waals surface area (Å²) in [7, 11) is 0. The zero-order valence-electron chi connectivity index (χ0n) is 87.8. The molecular formula is C128H164Br4N4S6Sn2. The Balaban J connectivity index is 0.000000177. The van der Waals surface area contributed by atoms with Crippen LogP contribution in [0.1, 0.15) is 331 Å². The van der Waals surface area contributed by atoms with Crippen molar-refractivity contribution >= 4 is 257 Å². The Morgan fingerprint density at radius 2 is 0.493 bits per heavy atom. The summed E-state index contributed by atoms with van der Waals surface area (Å²) < 4.78 is 17.2. The largest absolute Gasteiger partial charge is 0.244 e. The number of nitrogens with zero attached hydrogens (tertiary/aromatic N) is 4. The van der Waals surface area contributed by atoms with Crippen LogP contribution in [0.25, 0.3) is 138 Å². The molecule has 8 heterocycles. The Morgan fingerprint density at radius 3 is 0.799 bits per heavy atom. The molecule has 768 valence electrons. The molecule has 8 aromatic heterocycles. The SMILES string of the molecule is Brc1ccc(Br)c2nc(-c3ccccc3)c(-c3ccccc3)nc12.C.C.CCCCCCCCc1c(CCCCCCCC)c2c[c]([Sn]([CH3])([CH3])[CH3])sc2c2s[c]([Sn]([CH3])([CH3])[CH3])cc12.CCCCCCCCc1c(CCCCCCCC)c2cc(-c3ccc(C)c4nc(-c5ccccc5)c(-c5ccccc5)nc34)sc2c2sc(C)cc12.CCCCCCCCc1c(CCCCCCCC)c2cc(Br)sc2c2sc(Br)cc12. The van der Waals surface area contributed by atoms with Crippen LogP contribution in [0.2, 0.25) is 29.6 Å². The molecule has 0 amide bonds. The molecular weight excluding hydrogens is 2340 g/mol. The molecule has 0 saturated carbocycles. The average Bonchev–Trinajstić information content (AvgIpc) is 1.60. The fourth-order valence-corrected chi connectivity index (χ4v) is 40.1. The Labute approximate surface area is 933 Å². The van der Waals surface area contributed by atoms with Gasteiger partial charge in [-0.1, -0.05) is 304 Å². The normalized spacial score (nSPS) is 11.8. The van der Waals surface area contributed by atoms with E-state index in [-0.39, 0.29) is 14.9 Å². The molecule has 0 N–H and O–H groups in total. The molecule has 144 heavy (non-hydrogen) atoms. The van der Waals surface area contributed by atoms with Gasteiger partial charge in [0.2, 0.25) is 0 Å². The van der Waals surface area contributed by atoms with Crippen LogP contribution in [0.4, 0.5) is 0 Å². The molecule has 0 aliphatic carbocycles. The van der Waals surface area contributed by atoms with Crippen LogP contribution in [0, 0.1) is 13.8 Å². The van der Waals surface area contributed by atoms with Crippen molar-refractivity contribution in [3.05, 3.63) is 242 Å². The van der Waals surface area contributed by atoms with Crippen LogP contribution in [0.5, 0.6) is 0 Å². The molecule has 0 spiro atoms. The number of thiophene rings is 6. The second-order valence-electron chi connectivity index (χ2n) is 41.9. The van der Waals surface area contributed by atoms with Crippen molar-refractivity contribution in [1.82, 2.24) is 19.9 Å². The van der Waals surface area contributed by atoms with Crippen LogP contribution < -0.4 is 5.79 Å². The van der Waals surface area contributed by atoms with Gasteiger partial charge in [0.1, 0.15) is 11.0 Å². The zero-order valence-corrected chi connectivity index (χ0v) is 105. The van der Waals surface area contributed by atoms with Gasteiger partial charge >= 0.3 is 242 Å². The van der Waals surface area contributed by atoms with Gasteiger partial charge in [-0.25, -0.2) is 19.9 Å². The molecule has 16 heteroatoms. The van der Waals surface area contributed by atoms with E-state index in [4.69, 9.17) is 19.9 Å². The monoisotopic (exact) mass is 2500 g/mol.